The first kappa shape index (κ1) is 23.5. The van der Waals surface area contributed by atoms with Crippen LogP contribution >= 0.6 is 11.8 Å². The number of carbonyl (C=O) groups excluding carboxylic acids is 3. The molecule has 1 aromatic rings. The molecule has 1 aliphatic rings. The van der Waals surface area contributed by atoms with E-state index in [4.69, 9.17) is 9.47 Å². The lowest BCUT2D eigenvalue weighted by Crippen LogP contribution is -2.34. The van der Waals surface area contributed by atoms with Gasteiger partial charge in [-0.1, -0.05) is 6.07 Å². The number of aromatic nitrogens is 1. The van der Waals surface area contributed by atoms with Gasteiger partial charge in [-0.25, -0.2) is 9.59 Å². The van der Waals surface area contributed by atoms with Crippen LogP contribution in [0.25, 0.3) is 0 Å². The third-order valence-corrected chi connectivity index (χ3v) is 5.36. The van der Waals surface area contributed by atoms with Gasteiger partial charge in [-0.05, 0) is 32.4 Å². The van der Waals surface area contributed by atoms with E-state index < -0.39 is 17.9 Å². The molecule has 0 saturated carbocycles. The maximum Gasteiger partial charge on any atom is 0.336 e. The number of rotatable bonds is 11. The van der Waals surface area contributed by atoms with Crippen molar-refractivity contribution in [3.8, 4) is 0 Å². The summed E-state index contributed by atoms with van der Waals surface area (Å²) in [6, 6.07) is 3.59. The zero-order valence-corrected chi connectivity index (χ0v) is 18.2. The lowest BCUT2D eigenvalue weighted by molar-refractivity contribution is -0.139. The Morgan fingerprint density at radius 2 is 1.93 bits per heavy atom. The standard InChI is InChI=1S/C21H27N3O5S/c1-4-28-20(26)17-14(3)24-16(12-30-10-9-23-13-25)19(21(27)29-5-2)18(17)15-7-6-8-22-11-15/h6-8,11,13,18,24H,4-5,9-10,12H2,1-3H3,(H,23,25). The second-order valence-corrected chi connectivity index (χ2v) is 7.45. The number of esters is 2. The van der Waals surface area contributed by atoms with Crippen LogP contribution in [0.4, 0.5) is 0 Å². The number of carbonyl (C=O) groups is 3. The first-order chi connectivity index (χ1) is 14.5. The van der Waals surface area contributed by atoms with Gasteiger partial charge in [-0.15, -0.1) is 0 Å². The monoisotopic (exact) mass is 433 g/mol. The molecule has 0 spiro atoms. The third-order valence-electron chi connectivity index (χ3n) is 4.37. The molecule has 30 heavy (non-hydrogen) atoms. The summed E-state index contributed by atoms with van der Waals surface area (Å²) in [5.41, 5.74) is 2.73. The average Bonchev–Trinajstić information content (AvgIpc) is 2.74. The zero-order valence-electron chi connectivity index (χ0n) is 17.4. The Morgan fingerprint density at radius 1 is 1.23 bits per heavy atom. The molecule has 1 aromatic heterocycles. The Labute approximate surface area is 180 Å². The molecule has 0 aliphatic carbocycles. The highest BCUT2D eigenvalue weighted by Crippen LogP contribution is 2.39. The average molecular weight is 434 g/mol. The highest BCUT2D eigenvalue weighted by Gasteiger charge is 2.38. The number of thioether (sulfide) groups is 1. The first-order valence-corrected chi connectivity index (χ1v) is 10.9. The Balaban J connectivity index is 2.50. The van der Waals surface area contributed by atoms with Crippen molar-refractivity contribution >= 4 is 30.1 Å². The van der Waals surface area contributed by atoms with Crippen molar-refractivity contribution in [1.29, 1.82) is 0 Å². The quantitative estimate of drug-likeness (QED) is 0.310. The fourth-order valence-electron chi connectivity index (χ4n) is 3.18. The molecule has 0 bridgehead atoms. The van der Waals surface area contributed by atoms with Crippen molar-refractivity contribution in [3.05, 3.63) is 52.6 Å². The summed E-state index contributed by atoms with van der Waals surface area (Å²) < 4.78 is 10.6. The number of dihydropyridines is 1. The van der Waals surface area contributed by atoms with Gasteiger partial charge >= 0.3 is 11.9 Å². The minimum absolute atomic E-state index is 0.212. The van der Waals surface area contributed by atoms with Crippen LogP contribution in [0.15, 0.2) is 47.1 Å². The molecular formula is C21H27N3O5S. The predicted octanol–water partition coefficient (Wildman–Crippen LogP) is 1.90. The van der Waals surface area contributed by atoms with Gasteiger partial charge in [-0.2, -0.15) is 11.8 Å². The number of amides is 1. The van der Waals surface area contributed by atoms with Gasteiger partial charge in [0.15, 0.2) is 0 Å². The Morgan fingerprint density at radius 3 is 2.53 bits per heavy atom. The van der Waals surface area contributed by atoms with Crippen molar-refractivity contribution in [2.45, 2.75) is 26.7 Å². The van der Waals surface area contributed by atoms with E-state index in [9.17, 15) is 14.4 Å². The summed E-state index contributed by atoms with van der Waals surface area (Å²) in [6.45, 7) is 6.21. The van der Waals surface area contributed by atoms with Crippen LogP contribution in [0, 0.1) is 0 Å². The van der Waals surface area contributed by atoms with E-state index >= 15 is 0 Å². The van der Waals surface area contributed by atoms with Crippen molar-refractivity contribution in [2.75, 3.05) is 31.3 Å². The van der Waals surface area contributed by atoms with Crippen LogP contribution in [-0.2, 0) is 23.9 Å². The molecule has 162 valence electrons. The Kier molecular flexibility index (Phi) is 9.40. The van der Waals surface area contributed by atoms with E-state index in [1.165, 1.54) is 0 Å². The van der Waals surface area contributed by atoms with Crippen LogP contribution in [0.1, 0.15) is 32.3 Å². The van der Waals surface area contributed by atoms with E-state index in [0.29, 0.717) is 52.6 Å². The molecule has 0 saturated heterocycles. The molecular weight excluding hydrogens is 406 g/mol. The minimum atomic E-state index is -0.651. The van der Waals surface area contributed by atoms with Crippen LogP contribution in [0.2, 0.25) is 0 Å². The molecule has 2 N–H and O–H groups in total. The smallest absolute Gasteiger partial charge is 0.336 e. The molecule has 2 rings (SSSR count). The molecule has 1 aliphatic heterocycles. The van der Waals surface area contributed by atoms with Crippen LogP contribution < -0.4 is 10.6 Å². The second kappa shape index (κ2) is 12.0. The molecule has 1 atom stereocenters. The number of ether oxygens (including phenoxy) is 2. The van der Waals surface area contributed by atoms with E-state index in [1.54, 1.807) is 51.0 Å². The van der Waals surface area contributed by atoms with Gasteiger partial charge in [0, 0.05) is 41.8 Å². The fraction of sp³-hybridized carbons (Fsp3) is 0.429. The number of allylic oxidation sites excluding steroid dienone is 1. The third kappa shape index (κ3) is 5.85. The predicted molar refractivity (Wildman–Crippen MR) is 114 cm³/mol. The van der Waals surface area contributed by atoms with Crippen molar-refractivity contribution < 1.29 is 23.9 Å². The topological polar surface area (TPSA) is 107 Å². The molecule has 0 fully saturated rings. The van der Waals surface area contributed by atoms with Crippen molar-refractivity contribution in [3.63, 3.8) is 0 Å². The molecule has 8 nitrogen and oxygen atoms in total. The van der Waals surface area contributed by atoms with Gasteiger partial charge in [-0.3, -0.25) is 9.78 Å². The SMILES string of the molecule is CCOC(=O)C1=C(C)NC(CSCCNC=O)=C(C(=O)OCC)C1c1cccnc1. The lowest BCUT2D eigenvalue weighted by atomic mass is 9.81. The number of hydrogen-bond acceptors (Lipinski definition) is 8. The van der Waals surface area contributed by atoms with E-state index in [0.717, 1.165) is 0 Å². The summed E-state index contributed by atoms with van der Waals surface area (Å²) >= 11 is 1.55. The first-order valence-electron chi connectivity index (χ1n) is 9.74. The maximum absolute atomic E-state index is 13.0. The number of nitrogens with one attached hydrogen (secondary N) is 2. The van der Waals surface area contributed by atoms with Gasteiger partial charge in [0.2, 0.25) is 6.41 Å². The summed E-state index contributed by atoms with van der Waals surface area (Å²) in [5, 5.41) is 5.82. The summed E-state index contributed by atoms with van der Waals surface area (Å²) in [6.07, 6.45) is 3.93. The highest BCUT2D eigenvalue weighted by molar-refractivity contribution is 7.99. The van der Waals surface area contributed by atoms with Crippen LogP contribution in [0.5, 0.6) is 0 Å². The van der Waals surface area contributed by atoms with Crippen LogP contribution in [0.3, 0.4) is 0 Å². The van der Waals surface area contributed by atoms with Gasteiger partial charge < -0.3 is 20.1 Å². The van der Waals surface area contributed by atoms with Gasteiger partial charge in [0.25, 0.3) is 0 Å². The van der Waals surface area contributed by atoms with Gasteiger partial charge in [0.1, 0.15) is 0 Å². The fourth-order valence-corrected chi connectivity index (χ4v) is 4.02. The van der Waals surface area contributed by atoms with E-state index in [-0.39, 0.29) is 13.2 Å². The maximum atomic E-state index is 13.0. The summed E-state index contributed by atoms with van der Waals surface area (Å²) in [7, 11) is 0. The Bertz CT molecular complexity index is 823. The molecule has 2 heterocycles. The van der Waals surface area contributed by atoms with Crippen molar-refractivity contribution in [2.24, 2.45) is 0 Å². The van der Waals surface area contributed by atoms with Crippen LogP contribution in [-0.4, -0.2) is 54.6 Å². The minimum Gasteiger partial charge on any atom is -0.463 e. The summed E-state index contributed by atoms with van der Waals surface area (Å²) in [4.78, 5) is 40.4. The van der Waals surface area contributed by atoms with E-state index in [1.807, 2.05) is 6.07 Å². The van der Waals surface area contributed by atoms with E-state index in [2.05, 4.69) is 15.6 Å². The van der Waals surface area contributed by atoms with Crippen molar-refractivity contribution in [1.82, 2.24) is 15.6 Å². The lowest BCUT2D eigenvalue weighted by Gasteiger charge is -2.31. The number of hydrogen-bond donors (Lipinski definition) is 2. The molecule has 9 heteroatoms. The molecule has 0 aromatic carbocycles. The second-order valence-electron chi connectivity index (χ2n) is 6.34. The number of nitrogens with zero attached hydrogens (tertiary/aromatic N) is 1. The van der Waals surface area contributed by atoms with Gasteiger partial charge in [0.05, 0.1) is 30.3 Å². The largest absolute Gasteiger partial charge is 0.463 e. The zero-order chi connectivity index (χ0) is 21.9. The summed E-state index contributed by atoms with van der Waals surface area (Å²) in [5.74, 6) is -0.471. The normalized spacial score (nSPS) is 16.0. The Hall–Kier alpha value is -2.81. The molecule has 1 unspecified atom stereocenters. The highest BCUT2D eigenvalue weighted by atomic mass is 32.2. The molecule has 0 radical (unpaired) electrons. The number of pyridine rings is 1. The molecule has 1 amide bonds.